The summed E-state index contributed by atoms with van der Waals surface area (Å²) < 4.78 is 11.6. The predicted octanol–water partition coefficient (Wildman–Crippen LogP) is 3.60. The molecule has 2 heterocycles. The Hall–Kier alpha value is -0.410. The lowest BCUT2D eigenvalue weighted by Crippen LogP contribution is -2.47. The Balaban J connectivity index is 1.68. The third-order valence-electron chi connectivity index (χ3n) is 6.18. The van der Waals surface area contributed by atoms with Crippen LogP contribution in [0.2, 0.25) is 0 Å². The molecule has 0 aromatic carbocycles. The van der Waals surface area contributed by atoms with Crippen LogP contribution in [0.3, 0.4) is 0 Å². The normalized spacial score (nSPS) is 37.1. The van der Waals surface area contributed by atoms with Crippen LogP contribution >= 0.6 is 0 Å². The molecule has 3 rings (SSSR count). The quantitative estimate of drug-likeness (QED) is 0.780. The van der Waals surface area contributed by atoms with Crippen LogP contribution in [0.25, 0.3) is 0 Å². The average molecular weight is 294 g/mol. The van der Waals surface area contributed by atoms with Crippen molar-refractivity contribution in [1.29, 1.82) is 0 Å². The van der Waals surface area contributed by atoms with E-state index in [2.05, 4.69) is 13.8 Å². The van der Waals surface area contributed by atoms with E-state index in [-0.39, 0.29) is 5.60 Å². The largest absolute Gasteiger partial charge is 0.381 e. The van der Waals surface area contributed by atoms with Crippen molar-refractivity contribution in [2.24, 2.45) is 23.7 Å². The number of hydrogen-bond donors (Lipinski definition) is 0. The Morgan fingerprint density at radius 3 is 2.62 bits per heavy atom. The highest BCUT2D eigenvalue weighted by molar-refractivity contribution is 5.82. The van der Waals surface area contributed by atoms with Gasteiger partial charge in [0.2, 0.25) is 0 Å². The Morgan fingerprint density at radius 1 is 1.14 bits per heavy atom. The van der Waals surface area contributed by atoms with Gasteiger partial charge in [-0.2, -0.15) is 0 Å². The molecule has 0 amide bonds. The minimum atomic E-state index is 0.0201. The lowest BCUT2D eigenvalue weighted by Gasteiger charge is -2.46. The predicted molar refractivity (Wildman–Crippen MR) is 82.1 cm³/mol. The number of rotatable bonds is 2. The van der Waals surface area contributed by atoms with Crippen LogP contribution < -0.4 is 0 Å². The number of hydrogen-bond acceptors (Lipinski definition) is 3. The summed E-state index contributed by atoms with van der Waals surface area (Å²) in [6.45, 7) is 7.09. The molecule has 3 aliphatic rings. The van der Waals surface area contributed by atoms with Crippen molar-refractivity contribution in [2.75, 3.05) is 19.8 Å². The first kappa shape index (κ1) is 15.5. The first-order chi connectivity index (χ1) is 10.1. The first-order valence-corrected chi connectivity index (χ1v) is 8.84. The molecule has 0 N–H and O–H groups in total. The second-order valence-corrected chi connectivity index (χ2v) is 7.75. The van der Waals surface area contributed by atoms with Crippen molar-refractivity contribution in [1.82, 2.24) is 0 Å². The fraction of sp³-hybridized carbons (Fsp3) is 0.944. The van der Waals surface area contributed by atoms with E-state index in [1.165, 1.54) is 0 Å². The third-order valence-corrected chi connectivity index (χ3v) is 6.18. The third kappa shape index (κ3) is 3.34. The van der Waals surface area contributed by atoms with Gasteiger partial charge in [-0.05, 0) is 56.3 Å². The zero-order valence-electron chi connectivity index (χ0n) is 13.6. The molecule has 2 saturated heterocycles. The summed E-state index contributed by atoms with van der Waals surface area (Å²) in [7, 11) is 0. The zero-order chi connectivity index (χ0) is 14.9. The van der Waals surface area contributed by atoms with Gasteiger partial charge in [0.25, 0.3) is 0 Å². The van der Waals surface area contributed by atoms with E-state index in [1.54, 1.807) is 0 Å². The van der Waals surface area contributed by atoms with E-state index in [9.17, 15) is 4.79 Å². The summed E-state index contributed by atoms with van der Waals surface area (Å²) in [5, 5.41) is 0. The molecule has 1 aliphatic carbocycles. The van der Waals surface area contributed by atoms with Crippen molar-refractivity contribution in [3.8, 4) is 0 Å². The summed E-state index contributed by atoms with van der Waals surface area (Å²) >= 11 is 0. The first-order valence-electron chi connectivity index (χ1n) is 8.84. The van der Waals surface area contributed by atoms with Crippen LogP contribution in [-0.4, -0.2) is 31.2 Å². The summed E-state index contributed by atoms with van der Waals surface area (Å²) in [5.74, 6) is 2.82. The molecular weight excluding hydrogens is 264 g/mol. The van der Waals surface area contributed by atoms with Crippen molar-refractivity contribution < 1.29 is 14.3 Å². The van der Waals surface area contributed by atoms with Gasteiger partial charge in [0.05, 0.1) is 5.60 Å². The van der Waals surface area contributed by atoms with Crippen LogP contribution in [0.15, 0.2) is 0 Å². The second kappa shape index (κ2) is 6.37. The summed E-state index contributed by atoms with van der Waals surface area (Å²) in [5.41, 5.74) is 0.0201. The van der Waals surface area contributed by atoms with E-state index < -0.39 is 0 Å². The topological polar surface area (TPSA) is 35.5 Å². The summed E-state index contributed by atoms with van der Waals surface area (Å²) in [6.07, 6.45) is 7.21. The lowest BCUT2D eigenvalue weighted by atomic mass is 9.66. The Bertz CT molecular complexity index is 365. The van der Waals surface area contributed by atoms with E-state index in [4.69, 9.17) is 9.47 Å². The molecular formula is C18H30O3. The smallest absolute Gasteiger partial charge is 0.136 e. The van der Waals surface area contributed by atoms with Gasteiger partial charge in [0, 0.05) is 32.2 Å². The number of carbonyl (C=O) groups excluding carboxylic acids is 1. The highest BCUT2D eigenvalue weighted by atomic mass is 16.5. The molecule has 3 fully saturated rings. The van der Waals surface area contributed by atoms with Gasteiger partial charge in [-0.1, -0.05) is 13.8 Å². The minimum absolute atomic E-state index is 0.0201. The molecule has 1 spiro atoms. The van der Waals surface area contributed by atoms with E-state index in [0.717, 1.165) is 70.7 Å². The van der Waals surface area contributed by atoms with Crippen LogP contribution in [-0.2, 0) is 14.3 Å². The second-order valence-electron chi connectivity index (χ2n) is 7.75. The summed E-state index contributed by atoms with van der Waals surface area (Å²) in [6, 6.07) is 0. The van der Waals surface area contributed by atoms with Crippen LogP contribution in [0.1, 0.15) is 58.8 Å². The van der Waals surface area contributed by atoms with Crippen LogP contribution in [0, 0.1) is 23.7 Å². The zero-order valence-corrected chi connectivity index (χ0v) is 13.6. The number of carbonyl (C=O) groups is 1. The standard InChI is InChI=1S/C18H30O3/c1-13(2)14-3-4-17(19)16(11-14)15-5-8-21-18(12-15)6-9-20-10-7-18/h13-16H,3-12H2,1-2H3. The molecule has 3 heteroatoms. The Morgan fingerprint density at radius 2 is 1.90 bits per heavy atom. The van der Waals surface area contributed by atoms with Gasteiger partial charge in [-0.3, -0.25) is 4.79 Å². The molecule has 21 heavy (non-hydrogen) atoms. The molecule has 0 bridgehead atoms. The van der Waals surface area contributed by atoms with E-state index >= 15 is 0 Å². The lowest BCUT2D eigenvalue weighted by molar-refractivity contribution is -0.159. The molecule has 0 aromatic heterocycles. The number of ketones is 1. The average Bonchev–Trinajstić information content (AvgIpc) is 2.48. The molecule has 3 atom stereocenters. The van der Waals surface area contributed by atoms with Gasteiger partial charge in [-0.15, -0.1) is 0 Å². The molecule has 3 nitrogen and oxygen atoms in total. The maximum atomic E-state index is 12.5. The fourth-order valence-electron chi connectivity index (χ4n) is 4.65. The Kier molecular flexibility index (Phi) is 4.70. The van der Waals surface area contributed by atoms with Crippen LogP contribution in [0.4, 0.5) is 0 Å². The van der Waals surface area contributed by atoms with Crippen molar-refractivity contribution in [2.45, 2.75) is 64.4 Å². The van der Waals surface area contributed by atoms with Crippen molar-refractivity contribution in [3.63, 3.8) is 0 Å². The van der Waals surface area contributed by atoms with Crippen LogP contribution in [0.5, 0.6) is 0 Å². The number of Topliss-reactive ketones (excluding diaryl/α,β-unsaturated/α-hetero) is 1. The molecule has 0 aromatic rings. The number of ether oxygens (including phenoxy) is 2. The SMILES string of the molecule is CC(C)C1CCC(=O)C(C2CCOC3(CCOCC3)C2)C1. The van der Waals surface area contributed by atoms with Crippen molar-refractivity contribution >= 4 is 5.78 Å². The van der Waals surface area contributed by atoms with Gasteiger partial charge < -0.3 is 9.47 Å². The Labute approximate surface area is 128 Å². The highest BCUT2D eigenvalue weighted by Crippen LogP contribution is 2.44. The minimum Gasteiger partial charge on any atom is -0.381 e. The van der Waals surface area contributed by atoms with Gasteiger partial charge in [0.1, 0.15) is 5.78 Å². The van der Waals surface area contributed by atoms with Gasteiger partial charge in [-0.25, -0.2) is 0 Å². The maximum Gasteiger partial charge on any atom is 0.136 e. The molecule has 3 unspecified atom stereocenters. The fourth-order valence-corrected chi connectivity index (χ4v) is 4.65. The van der Waals surface area contributed by atoms with Gasteiger partial charge in [0.15, 0.2) is 0 Å². The molecule has 2 aliphatic heterocycles. The summed E-state index contributed by atoms with van der Waals surface area (Å²) in [4.78, 5) is 12.5. The molecule has 120 valence electrons. The van der Waals surface area contributed by atoms with Crippen molar-refractivity contribution in [3.05, 3.63) is 0 Å². The van der Waals surface area contributed by atoms with E-state index in [0.29, 0.717) is 23.5 Å². The highest BCUT2D eigenvalue weighted by Gasteiger charge is 2.44. The monoisotopic (exact) mass is 294 g/mol. The maximum absolute atomic E-state index is 12.5. The van der Waals surface area contributed by atoms with E-state index in [1.807, 2.05) is 0 Å². The molecule has 0 radical (unpaired) electrons. The van der Waals surface area contributed by atoms with Gasteiger partial charge >= 0.3 is 0 Å². The molecule has 1 saturated carbocycles.